The van der Waals surface area contributed by atoms with Gasteiger partial charge in [-0.3, -0.25) is 4.79 Å². The average Bonchev–Trinajstić information content (AvgIpc) is 2.77. The van der Waals surface area contributed by atoms with E-state index >= 15 is 0 Å². The topological polar surface area (TPSA) is 78.5 Å². The molecule has 1 aromatic rings. The van der Waals surface area contributed by atoms with Gasteiger partial charge in [-0.2, -0.15) is 0 Å². The monoisotopic (exact) mass is 537 g/mol. The average molecular weight is 538 g/mol. The minimum Gasteiger partial charge on any atom is -0.346 e. The van der Waals surface area contributed by atoms with Crippen molar-refractivity contribution in [2.45, 2.75) is 59.0 Å². The summed E-state index contributed by atoms with van der Waals surface area (Å²) in [4.78, 5) is 15.2. The van der Waals surface area contributed by atoms with E-state index in [0.717, 1.165) is 25.9 Å². The number of halogens is 2. The molecule has 1 fully saturated rings. The smallest absolute Gasteiger partial charge is 0.221 e. The third kappa shape index (κ3) is 10.9. The molecule has 1 aliphatic heterocycles. The van der Waals surface area contributed by atoms with E-state index in [1.54, 1.807) is 19.1 Å². The number of allylic oxidation sites excluding steroid dienone is 4. The molecule has 9 heteroatoms. The largest absolute Gasteiger partial charge is 0.346 e. The van der Waals surface area contributed by atoms with Gasteiger partial charge in [0.15, 0.2) is 0 Å². The normalized spacial score (nSPS) is 18.4. The van der Waals surface area contributed by atoms with Crippen molar-refractivity contribution in [3.05, 3.63) is 71.9 Å². The lowest BCUT2D eigenvalue weighted by molar-refractivity contribution is -0.122. The van der Waals surface area contributed by atoms with E-state index in [4.69, 9.17) is 0 Å². The Morgan fingerprint density at radius 1 is 1.27 bits per heavy atom. The number of piperidine rings is 1. The zero-order valence-electron chi connectivity index (χ0n) is 22.6. The van der Waals surface area contributed by atoms with Crippen LogP contribution in [0, 0.1) is 17.2 Å². The van der Waals surface area contributed by atoms with Crippen LogP contribution in [0.2, 0.25) is 0 Å². The first-order valence-electron chi connectivity index (χ1n) is 12.6. The van der Waals surface area contributed by atoms with E-state index in [-0.39, 0.29) is 23.3 Å². The zero-order chi connectivity index (χ0) is 27.8. The van der Waals surface area contributed by atoms with Gasteiger partial charge in [0, 0.05) is 19.0 Å². The van der Waals surface area contributed by atoms with E-state index in [1.165, 1.54) is 36.6 Å². The number of nitrogens with zero attached hydrogens (tertiary/aromatic N) is 1. The van der Waals surface area contributed by atoms with Crippen molar-refractivity contribution in [3.63, 3.8) is 0 Å². The third-order valence-corrected chi connectivity index (χ3v) is 7.32. The van der Waals surface area contributed by atoms with E-state index in [0.29, 0.717) is 24.1 Å². The van der Waals surface area contributed by atoms with Gasteiger partial charge in [0.2, 0.25) is 15.9 Å². The van der Waals surface area contributed by atoms with Gasteiger partial charge in [-0.15, -0.1) is 0 Å². The zero-order valence-corrected chi connectivity index (χ0v) is 23.4. The van der Waals surface area contributed by atoms with Crippen molar-refractivity contribution in [2.24, 2.45) is 11.3 Å². The van der Waals surface area contributed by atoms with Crippen LogP contribution in [0.1, 0.15) is 58.6 Å². The molecule has 0 saturated carbocycles. The number of benzene rings is 1. The number of amides is 1. The number of rotatable bonds is 11. The first-order chi connectivity index (χ1) is 17.2. The highest BCUT2D eigenvalue weighted by atomic mass is 32.2. The van der Waals surface area contributed by atoms with Crippen LogP contribution >= 0.6 is 0 Å². The van der Waals surface area contributed by atoms with E-state index < -0.39 is 27.7 Å². The molecule has 1 heterocycles. The summed E-state index contributed by atoms with van der Waals surface area (Å²) in [5.74, 6) is -0.950. The van der Waals surface area contributed by atoms with Crippen LogP contribution < -0.4 is 10.0 Å². The molecule has 0 aliphatic carbocycles. The molecule has 0 aromatic heterocycles. The molecule has 1 saturated heterocycles. The highest BCUT2D eigenvalue weighted by Gasteiger charge is 2.31. The molecule has 1 amide bonds. The summed E-state index contributed by atoms with van der Waals surface area (Å²) in [7, 11) is -3.33. The predicted molar refractivity (Wildman–Crippen MR) is 145 cm³/mol. The van der Waals surface area contributed by atoms with Crippen LogP contribution in [0.3, 0.4) is 0 Å². The molecule has 37 heavy (non-hydrogen) atoms. The first-order valence-corrected chi connectivity index (χ1v) is 14.5. The quantitative estimate of drug-likeness (QED) is 0.388. The van der Waals surface area contributed by atoms with Gasteiger partial charge in [0.25, 0.3) is 0 Å². The Kier molecular flexibility index (Phi) is 11.2. The molecule has 206 valence electrons. The first kappa shape index (κ1) is 30.9. The van der Waals surface area contributed by atoms with Gasteiger partial charge in [-0.25, -0.2) is 21.9 Å². The van der Waals surface area contributed by atoms with Gasteiger partial charge in [-0.1, -0.05) is 45.6 Å². The summed E-state index contributed by atoms with van der Waals surface area (Å²) in [6.45, 7) is 13.3. The van der Waals surface area contributed by atoms with Crippen molar-refractivity contribution in [2.75, 3.05) is 25.9 Å². The summed E-state index contributed by atoms with van der Waals surface area (Å²) in [5, 5.41) is 2.96. The molecule has 6 nitrogen and oxygen atoms in total. The predicted octanol–water partition coefficient (Wildman–Crippen LogP) is 5.03. The van der Waals surface area contributed by atoms with Crippen LogP contribution in [-0.4, -0.2) is 51.2 Å². The van der Waals surface area contributed by atoms with Crippen molar-refractivity contribution >= 4 is 15.9 Å². The highest BCUT2D eigenvalue weighted by Crippen LogP contribution is 2.27. The fourth-order valence-electron chi connectivity index (χ4n) is 4.47. The molecule has 2 unspecified atom stereocenters. The lowest BCUT2D eigenvalue weighted by Crippen LogP contribution is -2.51. The Hall–Kier alpha value is -2.36. The van der Waals surface area contributed by atoms with Gasteiger partial charge >= 0.3 is 0 Å². The Bertz CT molecular complexity index is 1100. The minimum absolute atomic E-state index is 0.169. The maximum Gasteiger partial charge on any atom is 0.221 e. The van der Waals surface area contributed by atoms with Crippen LogP contribution in [0.4, 0.5) is 8.78 Å². The highest BCUT2D eigenvalue weighted by molar-refractivity contribution is 7.88. The van der Waals surface area contributed by atoms with Crippen molar-refractivity contribution in [1.82, 2.24) is 14.9 Å². The summed E-state index contributed by atoms with van der Waals surface area (Å²) in [6, 6.07) is 5.04. The number of hydrogen-bond donors (Lipinski definition) is 2. The number of likely N-dealkylation sites (tertiary alicyclic amines) is 1. The van der Waals surface area contributed by atoms with E-state index in [9.17, 15) is 22.0 Å². The van der Waals surface area contributed by atoms with Gasteiger partial charge in [0.05, 0.1) is 12.3 Å². The summed E-state index contributed by atoms with van der Waals surface area (Å²) >= 11 is 0. The molecule has 2 N–H and O–H groups in total. The second-order valence-corrected chi connectivity index (χ2v) is 12.8. The minimum atomic E-state index is -3.33. The maximum absolute atomic E-state index is 14.1. The second-order valence-electron chi connectivity index (χ2n) is 11.0. The summed E-state index contributed by atoms with van der Waals surface area (Å²) in [5.41, 5.74) is 0.836. The summed E-state index contributed by atoms with van der Waals surface area (Å²) < 4.78 is 54.4. The number of carbonyl (C=O) groups is 1. The number of sulfonamides is 1. The molecule has 2 rings (SSSR count). The van der Waals surface area contributed by atoms with Crippen molar-refractivity contribution in [3.8, 4) is 0 Å². The fraction of sp³-hybridized carbons (Fsp3) is 0.536. The Morgan fingerprint density at radius 3 is 2.46 bits per heavy atom. The van der Waals surface area contributed by atoms with Crippen LogP contribution in [-0.2, 0) is 14.8 Å². The van der Waals surface area contributed by atoms with Crippen LogP contribution in [0.25, 0.3) is 0 Å². The van der Waals surface area contributed by atoms with Gasteiger partial charge in [-0.05, 0) is 79.6 Å². The Labute approximate surface area is 220 Å². The molecule has 0 bridgehead atoms. The fourth-order valence-corrected chi connectivity index (χ4v) is 5.41. The molecular weight excluding hydrogens is 496 g/mol. The van der Waals surface area contributed by atoms with Crippen molar-refractivity contribution in [1.29, 1.82) is 0 Å². The third-order valence-electron chi connectivity index (χ3n) is 6.61. The lowest BCUT2D eigenvalue weighted by Gasteiger charge is -2.38. The number of nitrogens with one attached hydrogen (secondary N) is 2. The van der Waals surface area contributed by atoms with E-state index in [1.807, 2.05) is 20.8 Å². The number of hydrogen-bond acceptors (Lipinski definition) is 4. The van der Waals surface area contributed by atoms with Gasteiger partial charge in [0.1, 0.15) is 11.6 Å². The summed E-state index contributed by atoms with van der Waals surface area (Å²) in [6.07, 6.45) is 6.96. The molecule has 0 radical (unpaired) electrons. The lowest BCUT2D eigenvalue weighted by atomic mass is 9.86. The Balaban J connectivity index is 2.02. The van der Waals surface area contributed by atoms with Crippen LogP contribution in [0.5, 0.6) is 0 Å². The maximum atomic E-state index is 14.1. The SMILES string of the molecule is C=C/C=C(F)\C=C(/C)C(NC(=O)CC1CCN(CC(NS(C)(=O)=O)C(C)(C)C)CC1)c1cccc(F)c1. The molecule has 0 spiro atoms. The molecular formula is C28H41F2N3O3S. The van der Waals surface area contributed by atoms with Crippen molar-refractivity contribution < 1.29 is 22.0 Å². The molecule has 2 atom stereocenters. The number of carbonyl (C=O) groups excluding carboxylic acids is 1. The Morgan fingerprint density at radius 2 is 1.92 bits per heavy atom. The molecule has 1 aromatic carbocycles. The second kappa shape index (κ2) is 13.4. The standard InChI is InChI=1S/C28H41F2N3O3S/c1-7-9-23(29)16-20(2)27(22-10-8-11-24(30)18-22)31-26(34)17-21-12-14-33(15-13-21)19-25(28(3,4)5)32-37(6,35)36/h7-11,16,18,21,25,27,32H,1,12-15,17,19H2,2-6H3,(H,31,34)/b20-16+,23-9+. The van der Waals surface area contributed by atoms with Crippen LogP contribution in [0.15, 0.2) is 60.5 Å². The van der Waals surface area contributed by atoms with E-state index in [2.05, 4.69) is 21.5 Å². The molecule has 1 aliphatic rings. The van der Waals surface area contributed by atoms with Gasteiger partial charge < -0.3 is 10.2 Å².